The molecule has 0 unspecified atom stereocenters. The third-order valence-corrected chi connectivity index (χ3v) is 6.88. The number of nitrogens with zero attached hydrogens (tertiary/aromatic N) is 1. The average molecular weight is 389 g/mol. The number of carbonyl (C=O) groups is 2. The Labute approximate surface area is 167 Å². The highest BCUT2D eigenvalue weighted by Crippen LogP contribution is 2.41. The zero-order chi connectivity index (χ0) is 19.6. The third-order valence-electron chi connectivity index (χ3n) is 5.42. The van der Waals surface area contributed by atoms with Gasteiger partial charge in [0.15, 0.2) is 0 Å². The molecule has 0 spiro atoms. The average Bonchev–Trinajstić information content (AvgIpc) is 3.06. The largest absolute Gasteiger partial charge is 0.350 e. The van der Waals surface area contributed by atoms with Crippen molar-refractivity contribution in [3.05, 3.63) is 35.4 Å². The van der Waals surface area contributed by atoms with Gasteiger partial charge in [0.2, 0.25) is 5.91 Å². The number of hydrogen-bond donors (Lipinski definition) is 1. The quantitative estimate of drug-likeness (QED) is 0.836. The lowest BCUT2D eigenvalue weighted by molar-refractivity contribution is -0.126. The van der Waals surface area contributed by atoms with Gasteiger partial charge in [-0.15, -0.1) is 11.8 Å². The van der Waals surface area contributed by atoms with E-state index < -0.39 is 6.04 Å². The first-order chi connectivity index (χ1) is 12.8. The molecule has 1 N–H and O–H groups in total. The van der Waals surface area contributed by atoms with Gasteiger partial charge >= 0.3 is 0 Å². The number of hydrogen-bond acceptors (Lipinski definition) is 3. The van der Waals surface area contributed by atoms with Gasteiger partial charge in [0.05, 0.1) is 5.37 Å². The van der Waals surface area contributed by atoms with Crippen LogP contribution in [-0.2, 0) is 4.79 Å². The molecule has 2 amide bonds. The van der Waals surface area contributed by atoms with Crippen molar-refractivity contribution in [1.82, 2.24) is 10.2 Å². The van der Waals surface area contributed by atoms with Crippen molar-refractivity contribution in [2.75, 3.05) is 5.75 Å². The summed E-state index contributed by atoms with van der Waals surface area (Å²) in [6, 6.07) is 7.32. The lowest BCUT2D eigenvalue weighted by Gasteiger charge is -2.36. The van der Waals surface area contributed by atoms with Gasteiger partial charge in [-0.25, -0.2) is 0 Å². The molecule has 2 fully saturated rings. The van der Waals surface area contributed by atoms with Crippen LogP contribution < -0.4 is 5.32 Å². The molecular weight excluding hydrogens is 356 g/mol. The van der Waals surface area contributed by atoms with Crippen LogP contribution in [0, 0.1) is 12.8 Å². The molecule has 1 saturated heterocycles. The molecule has 5 heteroatoms. The van der Waals surface area contributed by atoms with Gasteiger partial charge in [-0.1, -0.05) is 37.0 Å². The van der Waals surface area contributed by atoms with E-state index in [9.17, 15) is 9.59 Å². The second kappa shape index (κ2) is 8.26. The first kappa shape index (κ1) is 20.2. The summed E-state index contributed by atoms with van der Waals surface area (Å²) in [5, 5.41) is 3.19. The first-order valence-corrected chi connectivity index (χ1v) is 11.1. The molecule has 1 heterocycles. The number of benzene rings is 1. The molecule has 0 radical (unpaired) electrons. The number of aryl methyl sites for hydroxylation is 1. The summed E-state index contributed by atoms with van der Waals surface area (Å²) < 4.78 is 0. The third kappa shape index (κ3) is 4.87. The summed E-state index contributed by atoms with van der Waals surface area (Å²) in [7, 11) is 0. The van der Waals surface area contributed by atoms with Crippen molar-refractivity contribution in [2.45, 2.75) is 76.8 Å². The molecule has 1 aliphatic carbocycles. The molecule has 2 aliphatic rings. The van der Waals surface area contributed by atoms with E-state index in [0.717, 1.165) is 18.4 Å². The molecule has 4 nitrogen and oxygen atoms in total. The maximum atomic E-state index is 13.4. The summed E-state index contributed by atoms with van der Waals surface area (Å²) in [6.07, 6.45) is 6.06. The van der Waals surface area contributed by atoms with E-state index in [1.54, 1.807) is 11.8 Å². The highest BCUT2D eigenvalue weighted by Gasteiger charge is 2.45. The summed E-state index contributed by atoms with van der Waals surface area (Å²) >= 11 is 1.79. The first-order valence-electron chi connectivity index (χ1n) is 10.1. The van der Waals surface area contributed by atoms with Gasteiger partial charge in [0, 0.05) is 16.9 Å². The minimum absolute atomic E-state index is 0.00960. The molecule has 3 rings (SSSR count). The van der Waals surface area contributed by atoms with E-state index in [2.05, 4.69) is 5.32 Å². The van der Waals surface area contributed by atoms with Gasteiger partial charge in [-0.05, 0) is 58.6 Å². The Morgan fingerprint density at radius 3 is 2.30 bits per heavy atom. The van der Waals surface area contributed by atoms with Crippen LogP contribution in [0.3, 0.4) is 0 Å². The lowest BCUT2D eigenvalue weighted by atomic mass is 9.88. The molecule has 0 bridgehead atoms. The molecule has 1 aliphatic heterocycles. The number of rotatable bonds is 3. The predicted octanol–water partition coefficient (Wildman–Crippen LogP) is 4.37. The Hall–Kier alpha value is -1.49. The Kier molecular flexibility index (Phi) is 6.19. The second-order valence-electron chi connectivity index (χ2n) is 8.96. The summed E-state index contributed by atoms with van der Waals surface area (Å²) in [5.74, 6) is 1.13. The Bertz CT molecular complexity index is 675. The van der Waals surface area contributed by atoms with E-state index in [0.29, 0.717) is 17.2 Å². The normalized spacial score (nSPS) is 24.1. The van der Waals surface area contributed by atoms with Gasteiger partial charge in [-0.3, -0.25) is 9.59 Å². The fourth-order valence-electron chi connectivity index (χ4n) is 4.07. The zero-order valence-electron chi connectivity index (χ0n) is 17.0. The number of nitrogens with one attached hydrogen (secondary N) is 1. The Balaban J connectivity index is 1.87. The van der Waals surface area contributed by atoms with Crippen molar-refractivity contribution in [2.24, 2.45) is 5.92 Å². The van der Waals surface area contributed by atoms with Crippen LogP contribution in [-0.4, -0.2) is 39.4 Å². The van der Waals surface area contributed by atoms with Crippen LogP contribution in [0.5, 0.6) is 0 Å². The maximum Gasteiger partial charge on any atom is 0.255 e. The minimum atomic E-state index is -0.394. The van der Waals surface area contributed by atoms with Crippen LogP contribution in [0.15, 0.2) is 24.3 Å². The monoisotopic (exact) mass is 388 g/mol. The fourth-order valence-corrected chi connectivity index (χ4v) is 5.71. The molecule has 0 aromatic heterocycles. The van der Waals surface area contributed by atoms with Crippen LogP contribution >= 0.6 is 11.8 Å². The van der Waals surface area contributed by atoms with Crippen LogP contribution in [0.4, 0.5) is 0 Å². The summed E-state index contributed by atoms with van der Waals surface area (Å²) in [5.41, 5.74) is 1.51. The second-order valence-corrected chi connectivity index (χ2v) is 10.1. The van der Waals surface area contributed by atoms with E-state index in [4.69, 9.17) is 0 Å². The molecule has 27 heavy (non-hydrogen) atoms. The van der Waals surface area contributed by atoms with Gasteiger partial charge in [0.25, 0.3) is 5.91 Å². The van der Waals surface area contributed by atoms with Gasteiger partial charge in [-0.2, -0.15) is 0 Å². The van der Waals surface area contributed by atoms with Gasteiger partial charge in [0.1, 0.15) is 6.04 Å². The molecule has 1 aromatic rings. The number of carbonyl (C=O) groups excluding carboxylic acids is 2. The predicted molar refractivity (Wildman–Crippen MR) is 112 cm³/mol. The number of amides is 2. The van der Waals surface area contributed by atoms with Crippen molar-refractivity contribution in [3.8, 4) is 0 Å². The Morgan fingerprint density at radius 1 is 1.07 bits per heavy atom. The maximum absolute atomic E-state index is 13.4. The van der Waals surface area contributed by atoms with E-state index in [-0.39, 0.29) is 22.7 Å². The molecular formula is C22H32N2O2S. The van der Waals surface area contributed by atoms with Crippen LogP contribution in [0.25, 0.3) is 0 Å². The molecule has 1 saturated carbocycles. The molecule has 1 aromatic carbocycles. The van der Waals surface area contributed by atoms with Crippen molar-refractivity contribution < 1.29 is 9.59 Å². The highest BCUT2D eigenvalue weighted by molar-refractivity contribution is 8.00. The molecule has 148 valence electrons. The van der Waals surface area contributed by atoms with Crippen LogP contribution in [0.2, 0.25) is 0 Å². The van der Waals surface area contributed by atoms with Crippen molar-refractivity contribution in [3.63, 3.8) is 0 Å². The fraction of sp³-hybridized carbons (Fsp3) is 0.636. The SMILES string of the molecule is Cc1ccc(C(=O)N2[C@@H](C(=O)NC(C)(C)C)CS[C@@H]2C2CCCCC2)cc1. The van der Waals surface area contributed by atoms with E-state index in [1.807, 2.05) is 56.9 Å². The minimum Gasteiger partial charge on any atom is -0.350 e. The smallest absolute Gasteiger partial charge is 0.255 e. The highest BCUT2D eigenvalue weighted by atomic mass is 32.2. The number of thioether (sulfide) groups is 1. The van der Waals surface area contributed by atoms with Crippen molar-refractivity contribution in [1.29, 1.82) is 0 Å². The standard InChI is InChI=1S/C22H32N2O2S/c1-15-10-12-16(13-11-15)20(26)24-18(19(25)23-22(2,3)4)14-27-21(24)17-8-6-5-7-9-17/h10-13,17-18,21H,5-9,14H2,1-4H3,(H,23,25)/t18-,21-/m1/s1. The van der Waals surface area contributed by atoms with Gasteiger partial charge < -0.3 is 10.2 Å². The van der Waals surface area contributed by atoms with E-state index in [1.165, 1.54) is 19.3 Å². The van der Waals surface area contributed by atoms with E-state index >= 15 is 0 Å². The summed E-state index contributed by atoms with van der Waals surface area (Å²) in [4.78, 5) is 28.3. The molecule has 2 atom stereocenters. The topological polar surface area (TPSA) is 49.4 Å². The van der Waals surface area contributed by atoms with Crippen LogP contribution in [0.1, 0.15) is 68.8 Å². The zero-order valence-corrected chi connectivity index (χ0v) is 17.8. The summed E-state index contributed by atoms with van der Waals surface area (Å²) in [6.45, 7) is 7.97. The lowest BCUT2D eigenvalue weighted by Crippen LogP contribution is -2.54. The van der Waals surface area contributed by atoms with Crippen molar-refractivity contribution >= 4 is 23.6 Å². The Morgan fingerprint density at radius 2 is 1.70 bits per heavy atom.